The smallest absolute Gasteiger partial charge is 0.325 e. The lowest BCUT2D eigenvalue weighted by Crippen LogP contribution is -2.46. The van der Waals surface area contributed by atoms with Crippen LogP contribution >= 0.6 is 11.8 Å². The van der Waals surface area contributed by atoms with Crippen molar-refractivity contribution in [2.45, 2.75) is 30.7 Å². The van der Waals surface area contributed by atoms with Crippen molar-refractivity contribution in [2.75, 3.05) is 19.5 Å². The first-order valence-electron chi connectivity index (χ1n) is 6.22. The molecule has 0 bridgehead atoms. The molecule has 0 aliphatic rings. The van der Waals surface area contributed by atoms with Gasteiger partial charge in [-0.25, -0.2) is 0 Å². The number of methoxy groups -OCH3 is 1. The van der Waals surface area contributed by atoms with E-state index in [2.05, 4.69) is 0 Å². The molecule has 4 nitrogen and oxygen atoms in total. The molecule has 19 heavy (non-hydrogen) atoms. The standard InChI is InChI=1S/C14H21NO3S/c1-4-18-13(16)14(2,15)9-10-19-12-7-5-11(17-3)6-8-12/h5-8H,4,9-10,15H2,1-3H3. The Kier molecular flexibility index (Phi) is 6.18. The fraction of sp³-hybridized carbons (Fsp3) is 0.500. The van der Waals surface area contributed by atoms with Crippen molar-refractivity contribution >= 4 is 17.7 Å². The molecular weight excluding hydrogens is 262 g/mol. The van der Waals surface area contributed by atoms with Crippen LogP contribution in [0.2, 0.25) is 0 Å². The van der Waals surface area contributed by atoms with Crippen LogP contribution in [-0.2, 0) is 9.53 Å². The highest BCUT2D eigenvalue weighted by molar-refractivity contribution is 7.99. The molecule has 5 heteroatoms. The lowest BCUT2D eigenvalue weighted by Gasteiger charge is -2.21. The van der Waals surface area contributed by atoms with Gasteiger partial charge in [0, 0.05) is 10.6 Å². The summed E-state index contributed by atoms with van der Waals surface area (Å²) in [7, 11) is 1.64. The topological polar surface area (TPSA) is 61.5 Å². The van der Waals surface area contributed by atoms with Crippen LogP contribution in [-0.4, -0.2) is 31.0 Å². The van der Waals surface area contributed by atoms with Crippen LogP contribution in [0.4, 0.5) is 0 Å². The van der Waals surface area contributed by atoms with Crippen LogP contribution in [0.25, 0.3) is 0 Å². The second kappa shape index (κ2) is 7.40. The van der Waals surface area contributed by atoms with Crippen LogP contribution < -0.4 is 10.5 Å². The number of benzene rings is 1. The molecule has 0 spiro atoms. The van der Waals surface area contributed by atoms with E-state index < -0.39 is 5.54 Å². The summed E-state index contributed by atoms with van der Waals surface area (Å²) in [5.74, 6) is 1.25. The van der Waals surface area contributed by atoms with E-state index in [1.165, 1.54) is 0 Å². The van der Waals surface area contributed by atoms with Crippen molar-refractivity contribution in [2.24, 2.45) is 5.73 Å². The number of rotatable bonds is 7. The SMILES string of the molecule is CCOC(=O)C(C)(N)CCSc1ccc(OC)cc1. The van der Waals surface area contributed by atoms with E-state index in [0.29, 0.717) is 13.0 Å². The van der Waals surface area contributed by atoms with Gasteiger partial charge in [-0.1, -0.05) is 0 Å². The van der Waals surface area contributed by atoms with E-state index in [-0.39, 0.29) is 5.97 Å². The van der Waals surface area contributed by atoms with E-state index in [0.717, 1.165) is 16.4 Å². The molecule has 0 saturated carbocycles. The lowest BCUT2D eigenvalue weighted by molar-refractivity contribution is -0.149. The van der Waals surface area contributed by atoms with Gasteiger partial charge >= 0.3 is 5.97 Å². The first kappa shape index (κ1) is 15.9. The van der Waals surface area contributed by atoms with E-state index in [9.17, 15) is 4.79 Å². The molecule has 1 aromatic rings. The molecule has 1 atom stereocenters. The summed E-state index contributed by atoms with van der Waals surface area (Å²) in [6.07, 6.45) is 0.572. The summed E-state index contributed by atoms with van der Waals surface area (Å²) < 4.78 is 10.0. The molecule has 1 unspecified atom stereocenters. The Labute approximate surface area is 118 Å². The van der Waals surface area contributed by atoms with E-state index in [4.69, 9.17) is 15.2 Å². The van der Waals surface area contributed by atoms with Gasteiger partial charge in [0.05, 0.1) is 13.7 Å². The Hall–Kier alpha value is -1.20. The van der Waals surface area contributed by atoms with Gasteiger partial charge in [-0.3, -0.25) is 4.79 Å². The van der Waals surface area contributed by atoms with E-state index in [1.807, 2.05) is 24.3 Å². The molecule has 0 amide bonds. The van der Waals surface area contributed by atoms with Crippen LogP contribution in [0.15, 0.2) is 29.2 Å². The molecule has 106 valence electrons. The third kappa shape index (κ3) is 5.12. The Balaban J connectivity index is 2.42. The minimum atomic E-state index is -0.921. The van der Waals surface area contributed by atoms with Crippen molar-refractivity contribution in [3.8, 4) is 5.75 Å². The average molecular weight is 283 g/mol. The Morgan fingerprint density at radius 3 is 2.53 bits per heavy atom. The summed E-state index contributed by atoms with van der Waals surface area (Å²) in [4.78, 5) is 12.7. The highest BCUT2D eigenvalue weighted by atomic mass is 32.2. The third-order valence-electron chi connectivity index (χ3n) is 2.69. The van der Waals surface area contributed by atoms with Gasteiger partial charge in [0.15, 0.2) is 0 Å². The molecule has 0 aliphatic carbocycles. The second-order valence-corrected chi connectivity index (χ2v) is 5.58. The number of esters is 1. The van der Waals surface area contributed by atoms with E-state index in [1.54, 1.807) is 32.7 Å². The number of hydrogen-bond acceptors (Lipinski definition) is 5. The van der Waals surface area contributed by atoms with Gasteiger partial charge in [-0.15, -0.1) is 11.8 Å². The van der Waals surface area contributed by atoms with E-state index >= 15 is 0 Å². The summed E-state index contributed by atoms with van der Waals surface area (Å²) in [5, 5.41) is 0. The predicted octanol–water partition coefficient (Wildman–Crippen LogP) is 2.46. The van der Waals surface area contributed by atoms with Crippen molar-refractivity contribution in [3.05, 3.63) is 24.3 Å². The molecule has 0 radical (unpaired) electrons. The summed E-state index contributed by atoms with van der Waals surface area (Å²) in [6, 6.07) is 7.80. The van der Waals surface area contributed by atoms with Gasteiger partial charge < -0.3 is 15.2 Å². The van der Waals surface area contributed by atoms with Gasteiger partial charge in [0.25, 0.3) is 0 Å². The molecule has 0 aliphatic heterocycles. The molecule has 2 N–H and O–H groups in total. The fourth-order valence-corrected chi connectivity index (χ4v) is 2.54. The van der Waals surface area contributed by atoms with Crippen molar-refractivity contribution < 1.29 is 14.3 Å². The zero-order chi connectivity index (χ0) is 14.3. The normalized spacial score (nSPS) is 13.7. The maximum Gasteiger partial charge on any atom is 0.325 e. The van der Waals surface area contributed by atoms with Crippen LogP contribution in [0.1, 0.15) is 20.3 Å². The minimum absolute atomic E-state index is 0.342. The molecule has 1 aromatic carbocycles. The highest BCUT2D eigenvalue weighted by Gasteiger charge is 2.29. The Morgan fingerprint density at radius 1 is 1.37 bits per heavy atom. The zero-order valence-corrected chi connectivity index (χ0v) is 12.5. The fourth-order valence-electron chi connectivity index (χ4n) is 1.45. The second-order valence-electron chi connectivity index (χ2n) is 4.41. The zero-order valence-electron chi connectivity index (χ0n) is 11.6. The van der Waals surface area contributed by atoms with Crippen molar-refractivity contribution in [3.63, 3.8) is 0 Å². The molecule has 0 heterocycles. The van der Waals surface area contributed by atoms with Crippen LogP contribution in [0.3, 0.4) is 0 Å². The number of carbonyl (C=O) groups excluding carboxylic acids is 1. The number of thioether (sulfide) groups is 1. The first-order valence-corrected chi connectivity index (χ1v) is 7.21. The van der Waals surface area contributed by atoms with Gasteiger partial charge in [0.1, 0.15) is 11.3 Å². The Morgan fingerprint density at radius 2 is 2.00 bits per heavy atom. The van der Waals surface area contributed by atoms with Gasteiger partial charge in [-0.2, -0.15) is 0 Å². The predicted molar refractivity (Wildman–Crippen MR) is 77.6 cm³/mol. The van der Waals surface area contributed by atoms with Crippen molar-refractivity contribution in [1.82, 2.24) is 0 Å². The van der Waals surface area contributed by atoms with Crippen molar-refractivity contribution in [1.29, 1.82) is 0 Å². The van der Waals surface area contributed by atoms with Gasteiger partial charge in [-0.05, 0) is 44.5 Å². The number of carbonyl (C=O) groups is 1. The summed E-state index contributed by atoms with van der Waals surface area (Å²) in [6.45, 7) is 3.84. The maximum absolute atomic E-state index is 11.6. The number of nitrogens with two attached hydrogens (primary N) is 1. The number of ether oxygens (including phenoxy) is 2. The summed E-state index contributed by atoms with van der Waals surface area (Å²) in [5.41, 5.74) is 5.03. The summed E-state index contributed by atoms with van der Waals surface area (Å²) >= 11 is 1.66. The monoisotopic (exact) mass is 283 g/mol. The van der Waals surface area contributed by atoms with Gasteiger partial charge in [0.2, 0.25) is 0 Å². The average Bonchev–Trinajstić information content (AvgIpc) is 2.39. The molecule has 0 aromatic heterocycles. The quantitative estimate of drug-likeness (QED) is 0.615. The Bertz CT molecular complexity index is 404. The highest BCUT2D eigenvalue weighted by Crippen LogP contribution is 2.23. The minimum Gasteiger partial charge on any atom is -0.497 e. The first-order chi connectivity index (χ1) is 8.99. The van der Waals surface area contributed by atoms with Crippen LogP contribution in [0, 0.1) is 0 Å². The lowest BCUT2D eigenvalue weighted by atomic mass is 10.0. The maximum atomic E-state index is 11.6. The molecule has 0 saturated heterocycles. The molecular formula is C14H21NO3S. The molecule has 1 rings (SSSR count). The number of hydrogen-bond donors (Lipinski definition) is 1. The van der Waals surface area contributed by atoms with Crippen LogP contribution in [0.5, 0.6) is 5.75 Å². The largest absolute Gasteiger partial charge is 0.497 e. The molecule has 0 fully saturated rings. The third-order valence-corrected chi connectivity index (χ3v) is 3.71.